The molecule has 0 spiro atoms. The standard InChI is InChI=1S/C14H13NO3S2/c16-13(11-3-4-12(20-11)14(17)18)15-6-1-2-10(15)9-5-7-19-8-9/h3-5,7-8,10H,1-2,6H2,(H,17,18). The minimum Gasteiger partial charge on any atom is -0.477 e. The Kier molecular flexibility index (Phi) is 3.58. The molecule has 2 aromatic rings. The fraction of sp³-hybridized carbons (Fsp3) is 0.286. The third-order valence-corrected chi connectivity index (χ3v) is 5.23. The van der Waals surface area contributed by atoms with Gasteiger partial charge in [-0.25, -0.2) is 4.79 Å². The van der Waals surface area contributed by atoms with E-state index in [1.165, 1.54) is 11.6 Å². The van der Waals surface area contributed by atoms with Gasteiger partial charge in [0.2, 0.25) is 0 Å². The highest BCUT2D eigenvalue weighted by Gasteiger charge is 2.31. The second-order valence-corrected chi connectivity index (χ2v) is 6.55. The molecule has 4 nitrogen and oxygen atoms in total. The van der Waals surface area contributed by atoms with Crippen molar-refractivity contribution in [1.29, 1.82) is 0 Å². The van der Waals surface area contributed by atoms with E-state index in [1.807, 2.05) is 10.3 Å². The molecular weight excluding hydrogens is 294 g/mol. The highest BCUT2D eigenvalue weighted by Crippen LogP contribution is 2.35. The number of carboxylic acids is 1. The van der Waals surface area contributed by atoms with Crippen molar-refractivity contribution in [2.24, 2.45) is 0 Å². The molecule has 1 amide bonds. The molecule has 1 aliphatic rings. The lowest BCUT2D eigenvalue weighted by molar-refractivity contribution is 0.0701. The summed E-state index contributed by atoms with van der Waals surface area (Å²) in [5.41, 5.74) is 1.18. The molecule has 104 valence electrons. The van der Waals surface area contributed by atoms with Gasteiger partial charge in [-0.15, -0.1) is 11.3 Å². The molecular formula is C14H13NO3S2. The molecule has 1 saturated heterocycles. The van der Waals surface area contributed by atoms with E-state index in [0.29, 0.717) is 4.88 Å². The topological polar surface area (TPSA) is 57.6 Å². The predicted molar refractivity (Wildman–Crippen MR) is 78.6 cm³/mol. The van der Waals surface area contributed by atoms with E-state index in [9.17, 15) is 9.59 Å². The Morgan fingerprint density at radius 1 is 1.25 bits per heavy atom. The van der Waals surface area contributed by atoms with Crippen molar-refractivity contribution in [3.05, 3.63) is 44.3 Å². The summed E-state index contributed by atoms with van der Waals surface area (Å²) in [5.74, 6) is -1.04. The smallest absolute Gasteiger partial charge is 0.345 e. The van der Waals surface area contributed by atoms with Crippen LogP contribution in [0.5, 0.6) is 0 Å². The molecule has 0 aliphatic carbocycles. The lowest BCUT2D eigenvalue weighted by Crippen LogP contribution is -2.29. The molecule has 3 heterocycles. The Hall–Kier alpha value is -1.66. The largest absolute Gasteiger partial charge is 0.477 e. The van der Waals surface area contributed by atoms with Crippen molar-refractivity contribution in [3.8, 4) is 0 Å². The van der Waals surface area contributed by atoms with E-state index < -0.39 is 5.97 Å². The number of carboxylic acid groups (broad SMARTS) is 1. The van der Waals surface area contributed by atoms with Crippen molar-refractivity contribution in [2.45, 2.75) is 18.9 Å². The van der Waals surface area contributed by atoms with Gasteiger partial charge in [0, 0.05) is 6.54 Å². The maximum Gasteiger partial charge on any atom is 0.345 e. The first-order valence-corrected chi connectivity index (χ1v) is 8.09. The summed E-state index contributed by atoms with van der Waals surface area (Å²) in [4.78, 5) is 26.0. The Bertz CT molecular complexity index is 633. The van der Waals surface area contributed by atoms with Crippen LogP contribution in [0.4, 0.5) is 0 Å². The quantitative estimate of drug-likeness (QED) is 0.944. The fourth-order valence-corrected chi connectivity index (χ4v) is 4.04. The number of amides is 1. The maximum absolute atomic E-state index is 12.5. The summed E-state index contributed by atoms with van der Waals surface area (Å²) in [6.07, 6.45) is 1.96. The van der Waals surface area contributed by atoms with Crippen LogP contribution in [-0.4, -0.2) is 28.4 Å². The van der Waals surface area contributed by atoms with Crippen LogP contribution in [0.2, 0.25) is 0 Å². The number of hydrogen-bond acceptors (Lipinski definition) is 4. The minimum atomic E-state index is -0.982. The lowest BCUT2D eigenvalue weighted by Gasteiger charge is -2.23. The van der Waals surface area contributed by atoms with Crippen LogP contribution in [0.25, 0.3) is 0 Å². The number of thiophene rings is 2. The molecule has 1 N–H and O–H groups in total. The predicted octanol–water partition coefficient (Wildman–Crippen LogP) is 3.49. The summed E-state index contributed by atoms with van der Waals surface area (Å²) in [5, 5.41) is 13.0. The van der Waals surface area contributed by atoms with Crippen LogP contribution >= 0.6 is 22.7 Å². The normalized spacial score (nSPS) is 18.4. The summed E-state index contributed by atoms with van der Waals surface area (Å²) in [6.45, 7) is 0.736. The van der Waals surface area contributed by atoms with Crippen molar-refractivity contribution >= 4 is 34.6 Å². The van der Waals surface area contributed by atoms with Gasteiger partial charge in [-0.05, 0) is 47.4 Å². The zero-order valence-corrected chi connectivity index (χ0v) is 12.2. The van der Waals surface area contributed by atoms with E-state index in [2.05, 4.69) is 11.4 Å². The van der Waals surface area contributed by atoms with E-state index in [0.717, 1.165) is 30.7 Å². The van der Waals surface area contributed by atoms with Crippen LogP contribution in [-0.2, 0) is 0 Å². The van der Waals surface area contributed by atoms with E-state index >= 15 is 0 Å². The number of likely N-dealkylation sites (tertiary alicyclic amines) is 1. The highest BCUT2D eigenvalue weighted by molar-refractivity contribution is 7.15. The van der Waals surface area contributed by atoms with E-state index in [-0.39, 0.29) is 16.8 Å². The molecule has 0 bridgehead atoms. The first-order chi connectivity index (χ1) is 9.66. The summed E-state index contributed by atoms with van der Waals surface area (Å²) in [7, 11) is 0. The van der Waals surface area contributed by atoms with Crippen molar-refractivity contribution in [1.82, 2.24) is 4.90 Å². The van der Waals surface area contributed by atoms with Crippen LogP contribution < -0.4 is 0 Å². The van der Waals surface area contributed by atoms with Gasteiger partial charge in [0.25, 0.3) is 5.91 Å². The molecule has 0 aromatic carbocycles. The van der Waals surface area contributed by atoms with Gasteiger partial charge in [-0.1, -0.05) is 0 Å². The Labute approximate surface area is 124 Å². The fourth-order valence-electron chi connectivity index (χ4n) is 2.53. The van der Waals surface area contributed by atoms with E-state index in [1.54, 1.807) is 17.4 Å². The zero-order chi connectivity index (χ0) is 14.1. The molecule has 1 unspecified atom stereocenters. The van der Waals surface area contributed by atoms with Gasteiger partial charge in [0.15, 0.2) is 0 Å². The van der Waals surface area contributed by atoms with Crippen LogP contribution in [0, 0.1) is 0 Å². The number of hydrogen-bond donors (Lipinski definition) is 1. The van der Waals surface area contributed by atoms with Crippen molar-refractivity contribution < 1.29 is 14.7 Å². The van der Waals surface area contributed by atoms with Gasteiger partial charge in [-0.3, -0.25) is 4.79 Å². The van der Waals surface area contributed by atoms with Gasteiger partial charge < -0.3 is 10.0 Å². The molecule has 2 aromatic heterocycles. The molecule has 1 fully saturated rings. The summed E-state index contributed by atoms with van der Waals surface area (Å²) >= 11 is 2.68. The Morgan fingerprint density at radius 2 is 2.05 bits per heavy atom. The minimum absolute atomic E-state index is 0.0591. The number of carbonyl (C=O) groups is 2. The van der Waals surface area contributed by atoms with Crippen molar-refractivity contribution in [2.75, 3.05) is 6.54 Å². The van der Waals surface area contributed by atoms with Crippen LogP contribution in [0.3, 0.4) is 0 Å². The third kappa shape index (κ3) is 2.36. The molecule has 0 radical (unpaired) electrons. The first-order valence-electron chi connectivity index (χ1n) is 6.33. The van der Waals surface area contributed by atoms with Gasteiger partial charge >= 0.3 is 5.97 Å². The number of rotatable bonds is 3. The zero-order valence-electron chi connectivity index (χ0n) is 10.6. The van der Waals surface area contributed by atoms with Gasteiger partial charge in [-0.2, -0.15) is 11.3 Å². The third-order valence-electron chi connectivity index (χ3n) is 3.47. The monoisotopic (exact) mass is 307 g/mol. The first kappa shape index (κ1) is 13.3. The molecule has 1 atom stereocenters. The maximum atomic E-state index is 12.5. The molecule has 20 heavy (non-hydrogen) atoms. The number of aromatic carboxylic acids is 1. The molecule has 3 rings (SSSR count). The summed E-state index contributed by atoms with van der Waals surface area (Å²) in [6, 6.07) is 5.29. The second-order valence-electron chi connectivity index (χ2n) is 4.68. The Morgan fingerprint density at radius 3 is 2.70 bits per heavy atom. The average molecular weight is 307 g/mol. The Balaban J connectivity index is 1.83. The van der Waals surface area contributed by atoms with E-state index in [4.69, 9.17) is 5.11 Å². The van der Waals surface area contributed by atoms with Crippen LogP contribution in [0.15, 0.2) is 29.0 Å². The van der Waals surface area contributed by atoms with Gasteiger partial charge in [0.1, 0.15) is 4.88 Å². The van der Waals surface area contributed by atoms with Gasteiger partial charge in [0.05, 0.1) is 10.9 Å². The molecule has 1 aliphatic heterocycles. The molecule has 6 heteroatoms. The SMILES string of the molecule is O=C(O)c1ccc(C(=O)N2CCCC2c2ccsc2)s1. The van der Waals surface area contributed by atoms with Crippen molar-refractivity contribution in [3.63, 3.8) is 0 Å². The second kappa shape index (κ2) is 5.38. The lowest BCUT2D eigenvalue weighted by atomic mass is 10.1. The summed E-state index contributed by atoms with van der Waals surface area (Å²) < 4.78 is 0. The highest BCUT2D eigenvalue weighted by atomic mass is 32.1. The number of carbonyl (C=O) groups excluding carboxylic acids is 1. The molecule has 0 saturated carbocycles. The average Bonchev–Trinajstić information content (AvgIpc) is 3.17. The number of nitrogens with zero attached hydrogens (tertiary/aromatic N) is 1. The van der Waals surface area contributed by atoms with Crippen LogP contribution in [0.1, 0.15) is 43.8 Å².